The van der Waals surface area contributed by atoms with Crippen LogP contribution in [-0.4, -0.2) is 49.6 Å². The number of rotatable bonds is 7. The monoisotopic (exact) mass is 548 g/mol. The number of piperidine rings is 1. The second kappa shape index (κ2) is 11.4. The first-order valence-electron chi connectivity index (χ1n) is 12.6. The number of anilines is 1. The molecule has 3 aromatic heterocycles. The van der Waals surface area contributed by atoms with Crippen LogP contribution in [-0.2, 0) is 11.2 Å². The highest BCUT2D eigenvalue weighted by atomic mass is 35.5. The minimum absolute atomic E-state index is 0.164. The number of carbonyl (C=O) groups is 2. The first-order chi connectivity index (χ1) is 18.4. The molecule has 1 saturated heterocycles. The van der Waals surface area contributed by atoms with Gasteiger partial charge in [-0.15, -0.1) is 11.3 Å². The summed E-state index contributed by atoms with van der Waals surface area (Å²) in [4.78, 5) is 36.8. The molecule has 0 saturated carbocycles. The highest BCUT2D eigenvalue weighted by Crippen LogP contribution is 2.31. The van der Waals surface area contributed by atoms with E-state index < -0.39 is 0 Å². The van der Waals surface area contributed by atoms with Crippen molar-refractivity contribution in [3.05, 3.63) is 86.7 Å². The van der Waals surface area contributed by atoms with Gasteiger partial charge in [0.25, 0.3) is 5.91 Å². The SMILES string of the molecule is Cc1cc(C)n(-c2ncccc2NC(=O)c2csc(C3CCN(C(=O)CCc4cccc(Cl)c4)CC3)n2)n1. The molecule has 10 heteroatoms. The van der Waals surface area contributed by atoms with Crippen molar-refractivity contribution in [1.29, 1.82) is 0 Å². The van der Waals surface area contributed by atoms with Crippen LogP contribution >= 0.6 is 22.9 Å². The van der Waals surface area contributed by atoms with Crippen molar-refractivity contribution in [3.63, 3.8) is 0 Å². The van der Waals surface area contributed by atoms with E-state index in [4.69, 9.17) is 11.6 Å². The number of aryl methyl sites for hydroxylation is 3. The van der Waals surface area contributed by atoms with Gasteiger partial charge in [0.15, 0.2) is 5.82 Å². The lowest BCUT2D eigenvalue weighted by molar-refractivity contribution is -0.132. The first-order valence-corrected chi connectivity index (χ1v) is 13.9. The lowest BCUT2D eigenvalue weighted by Crippen LogP contribution is -2.38. The molecule has 4 aromatic rings. The van der Waals surface area contributed by atoms with Gasteiger partial charge in [-0.25, -0.2) is 14.6 Å². The molecule has 1 aromatic carbocycles. The minimum Gasteiger partial charge on any atom is -0.343 e. The van der Waals surface area contributed by atoms with Gasteiger partial charge in [-0.3, -0.25) is 9.59 Å². The van der Waals surface area contributed by atoms with Gasteiger partial charge in [0, 0.05) is 47.7 Å². The van der Waals surface area contributed by atoms with E-state index in [-0.39, 0.29) is 17.7 Å². The lowest BCUT2D eigenvalue weighted by Gasteiger charge is -2.31. The molecule has 196 valence electrons. The Morgan fingerprint density at radius 3 is 2.68 bits per heavy atom. The number of nitrogens with zero attached hydrogens (tertiary/aromatic N) is 5. The number of thiazole rings is 1. The topological polar surface area (TPSA) is 93.0 Å². The zero-order valence-corrected chi connectivity index (χ0v) is 22.9. The third kappa shape index (κ3) is 5.95. The number of benzene rings is 1. The second-order valence-electron chi connectivity index (χ2n) is 9.52. The third-order valence-electron chi connectivity index (χ3n) is 6.71. The summed E-state index contributed by atoms with van der Waals surface area (Å²) in [5, 5.41) is 10.9. The van der Waals surface area contributed by atoms with Crippen molar-refractivity contribution in [3.8, 4) is 5.82 Å². The zero-order valence-electron chi connectivity index (χ0n) is 21.4. The number of hydrogen-bond acceptors (Lipinski definition) is 6. The average molecular weight is 549 g/mol. The maximum absolute atomic E-state index is 13.0. The Morgan fingerprint density at radius 2 is 1.95 bits per heavy atom. The maximum Gasteiger partial charge on any atom is 0.275 e. The molecular formula is C28H29ClN6O2S. The van der Waals surface area contributed by atoms with E-state index in [1.165, 1.54) is 11.3 Å². The number of pyridine rings is 1. The van der Waals surface area contributed by atoms with Gasteiger partial charge in [-0.2, -0.15) is 5.10 Å². The number of hydrogen-bond donors (Lipinski definition) is 1. The van der Waals surface area contributed by atoms with Gasteiger partial charge in [-0.1, -0.05) is 23.7 Å². The van der Waals surface area contributed by atoms with E-state index in [9.17, 15) is 9.59 Å². The Morgan fingerprint density at radius 1 is 1.13 bits per heavy atom. The van der Waals surface area contributed by atoms with Crippen molar-refractivity contribution in [1.82, 2.24) is 24.6 Å². The van der Waals surface area contributed by atoms with E-state index in [2.05, 4.69) is 20.4 Å². The van der Waals surface area contributed by atoms with Gasteiger partial charge in [0.1, 0.15) is 5.69 Å². The second-order valence-corrected chi connectivity index (χ2v) is 10.8. The Balaban J connectivity index is 1.17. The maximum atomic E-state index is 13.0. The summed E-state index contributed by atoms with van der Waals surface area (Å²) in [6.45, 7) is 5.26. The van der Waals surface area contributed by atoms with Crippen LogP contribution in [0.5, 0.6) is 0 Å². The molecule has 0 atom stereocenters. The largest absolute Gasteiger partial charge is 0.343 e. The van der Waals surface area contributed by atoms with Crippen LogP contribution in [0.2, 0.25) is 5.02 Å². The van der Waals surface area contributed by atoms with Crippen LogP contribution in [0.3, 0.4) is 0 Å². The predicted molar refractivity (Wildman–Crippen MR) is 149 cm³/mol. The molecule has 38 heavy (non-hydrogen) atoms. The quantitative estimate of drug-likeness (QED) is 0.325. The fourth-order valence-corrected chi connectivity index (χ4v) is 5.93. The number of likely N-dealkylation sites (tertiary alicyclic amines) is 1. The van der Waals surface area contributed by atoms with Crippen LogP contribution < -0.4 is 5.32 Å². The van der Waals surface area contributed by atoms with E-state index in [1.54, 1.807) is 22.3 Å². The molecule has 8 nitrogen and oxygen atoms in total. The van der Waals surface area contributed by atoms with E-state index >= 15 is 0 Å². The van der Waals surface area contributed by atoms with Gasteiger partial charge in [0.05, 0.1) is 16.4 Å². The summed E-state index contributed by atoms with van der Waals surface area (Å²) in [5.74, 6) is 0.686. The predicted octanol–water partition coefficient (Wildman–Crippen LogP) is 5.59. The number of aromatic nitrogens is 4. The summed E-state index contributed by atoms with van der Waals surface area (Å²) >= 11 is 7.55. The fraction of sp³-hybridized carbons (Fsp3) is 0.321. The van der Waals surface area contributed by atoms with Crippen molar-refractivity contribution in [2.45, 2.75) is 45.4 Å². The van der Waals surface area contributed by atoms with Crippen molar-refractivity contribution < 1.29 is 9.59 Å². The molecule has 5 rings (SSSR count). The van der Waals surface area contributed by atoms with E-state index in [0.29, 0.717) is 48.2 Å². The van der Waals surface area contributed by atoms with Crippen molar-refractivity contribution >= 4 is 40.4 Å². The molecule has 0 bridgehead atoms. The summed E-state index contributed by atoms with van der Waals surface area (Å²) in [7, 11) is 0. The zero-order chi connectivity index (χ0) is 26.6. The Bertz CT molecular complexity index is 1460. The lowest BCUT2D eigenvalue weighted by atomic mass is 9.97. The minimum atomic E-state index is -0.281. The Hall–Kier alpha value is -3.56. The van der Waals surface area contributed by atoms with Crippen LogP contribution in [0.15, 0.2) is 54.0 Å². The molecule has 4 heterocycles. The molecular weight excluding hydrogens is 520 g/mol. The summed E-state index contributed by atoms with van der Waals surface area (Å²) in [6.07, 6.45) is 4.50. The van der Waals surface area contributed by atoms with Crippen LogP contribution in [0.4, 0.5) is 5.69 Å². The van der Waals surface area contributed by atoms with Crippen LogP contribution in [0.1, 0.15) is 57.6 Å². The van der Waals surface area contributed by atoms with E-state index in [0.717, 1.165) is 34.8 Å². The summed E-state index contributed by atoms with van der Waals surface area (Å²) in [5.41, 5.74) is 3.84. The highest BCUT2D eigenvalue weighted by molar-refractivity contribution is 7.10. The number of amides is 2. The third-order valence-corrected chi connectivity index (χ3v) is 7.96. The first kappa shape index (κ1) is 26.1. The standard InChI is InChI=1S/C28H29ClN6O2S/c1-18-15-19(2)35(33-18)26-23(7-4-12-30-26)31-27(37)24-17-38-28(32-24)21-10-13-34(14-11-21)25(36)9-8-20-5-3-6-22(29)16-20/h3-7,12,15-17,21H,8-11,13-14H2,1-2H3,(H,31,37). The molecule has 0 aliphatic carbocycles. The number of halogens is 1. The van der Waals surface area contributed by atoms with E-state index in [1.807, 2.05) is 55.1 Å². The van der Waals surface area contributed by atoms with Crippen molar-refractivity contribution in [2.24, 2.45) is 0 Å². The van der Waals surface area contributed by atoms with Gasteiger partial charge < -0.3 is 10.2 Å². The summed E-state index contributed by atoms with van der Waals surface area (Å²) in [6, 6.07) is 13.2. The highest BCUT2D eigenvalue weighted by Gasteiger charge is 2.26. The van der Waals surface area contributed by atoms with Gasteiger partial charge in [0.2, 0.25) is 5.91 Å². The molecule has 1 aliphatic heterocycles. The van der Waals surface area contributed by atoms with Gasteiger partial charge in [-0.05, 0) is 69.0 Å². The Labute approximate surface area is 230 Å². The molecule has 1 N–H and O–H groups in total. The number of nitrogens with one attached hydrogen (secondary N) is 1. The average Bonchev–Trinajstić information content (AvgIpc) is 3.54. The fourth-order valence-electron chi connectivity index (χ4n) is 4.75. The smallest absolute Gasteiger partial charge is 0.275 e. The number of carbonyl (C=O) groups excluding carboxylic acids is 2. The molecule has 0 unspecified atom stereocenters. The molecule has 2 amide bonds. The molecule has 0 spiro atoms. The normalized spacial score (nSPS) is 14.0. The Kier molecular flexibility index (Phi) is 7.85. The molecule has 0 radical (unpaired) electrons. The summed E-state index contributed by atoms with van der Waals surface area (Å²) < 4.78 is 1.72. The van der Waals surface area contributed by atoms with Gasteiger partial charge >= 0.3 is 0 Å². The van der Waals surface area contributed by atoms with Crippen molar-refractivity contribution in [2.75, 3.05) is 18.4 Å². The van der Waals surface area contributed by atoms with Crippen LogP contribution in [0, 0.1) is 13.8 Å². The van der Waals surface area contributed by atoms with Crippen LogP contribution in [0.25, 0.3) is 5.82 Å². The molecule has 1 fully saturated rings. The molecule has 1 aliphatic rings.